The predicted molar refractivity (Wildman–Crippen MR) is 214 cm³/mol. The van der Waals surface area contributed by atoms with E-state index in [1.807, 2.05) is 48.5 Å². The molecule has 12 nitrogen and oxygen atoms in total. The van der Waals surface area contributed by atoms with Gasteiger partial charge >= 0.3 is 6.09 Å². The average molecular weight is 777 g/mol. The lowest BCUT2D eigenvalue weighted by atomic mass is 9.55. The zero-order valence-corrected chi connectivity index (χ0v) is 32.8. The topological polar surface area (TPSA) is 149 Å². The highest BCUT2D eigenvalue weighted by molar-refractivity contribution is 6.03. The van der Waals surface area contributed by atoms with E-state index in [4.69, 9.17) is 33.7 Å². The molecule has 0 radical (unpaired) electrons. The van der Waals surface area contributed by atoms with Crippen LogP contribution in [0.2, 0.25) is 0 Å². The Labute approximate surface area is 331 Å². The summed E-state index contributed by atoms with van der Waals surface area (Å²) in [5, 5.41) is 34.0. The van der Waals surface area contributed by atoms with Crippen molar-refractivity contribution in [1.82, 2.24) is 4.90 Å². The normalized spacial score (nSPS) is 24.2. The van der Waals surface area contributed by atoms with Crippen LogP contribution in [0.15, 0.2) is 90.6 Å². The largest absolute Gasteiger partial charge is 0.490 e. The van der Waals surface area contributed by atoms with Crippen LogP contribution in [0, 0.1) is 17.8 Å². The number of rotatable bonds is 24. The molecule has 0 spiro atoms. The molecule has 1 amide bonds. The Morgan fingerprint density at radius 3 is 2.46 bits per heavy atom. The van der Waals surface area contributed by atoms with Gasteiger partial charge in [0, 0.05) is 37.7 Å². The maximum Gasteiger partial charge on any atom is 0.410 e. The number of aliphatic hydroxyl groups is 3. The van der Waals surface area contributed by atoms with Gasteiger partial charge in [0.2, 0.25) is 5.79 Å². The molecule has 1 aliphatic heterocycles. The highest BCUT2D eigenvalue weighted by Crippen LogP contribution is 2.62. The van der Waals surface area contributed by atoms with Crippen molar-refractivity contribution in [3.05, 3.63) is 96.6 Å². The maximum absolute atomic E-state index is 14.1. The predicted octanol–water partition coefficient (Wildman–Crippen LogP) is 6.55. The summed E-state index contributed by atoms with van der Waals surface area (Å²) in [4.78, 5) is 21.8. The minimum atomic E-state index is -1.44. The molecule has 0 aromatic heterocycles. The van der Waals surface area contributed by atoms with E-state index in [1.165, 1.54) is 0 Å². The van der Waals surface area contributed by atoms with Gasteiger partial charge in [-0.1, -0.05) is 73.1 Å². The second-order valence-corrected chi connectivity index (χ2v) is 14.4. The molecule has 5 rings (SSSR count). The molecule has 56 heavy (non-hydrogen) atoms. The average Bonchev–Trinajstić information content (AvgIpc) is 3.21. The van der Waals surface area contributed by atoms with E-state index in [9.17, 15) is 20.1 Å². The van der Waals surface area contributed by atoms with Gasteiger partial charge in [0.25, 0.3) is 0 Å². The summed E-state index contributed by atoms with van der Waals surface area (Å²) < 4.78 is 31.7. The Morgan fingerprint density at radius 1 is 0.982 bits per heavy atom. The van der Waals surface area contributed by atoms with Crippen LogP contribution in [0.25, 0.3) is 0 Å². The molecule has 2 aliphatic carbocycles. The highest BCUT2D eigenvalue weighted by Gasteiger charge is 2.65. The Morgan fingerprint density at radius 2 is 1.75 bits per heavy atom. The van der Waals surface area contributed by atoms with Crippen LogP contribution < -0.4 is 9.47 Å². The van der Waals surface area contributed by atoms with Crippen molar-refractivity contribution in [1.29, 1.82) is 0 Å². The highest BCUT2D eigenvalue weighted by atomic mass is 16.7. The second-order valence-electron chi connectivity index (χ2n) is 14.4. The van der Waals surface area contributed by atoms with Crippen LogP contribution in [-0.2, 0) is 25.7 Å². The number of fused-ring (bicyclic) bond motifs is 2. The molecule has 6 atom stereocenters. The first-order chi connectivity index (χ1) is 27.5. The molecule has 306 valence electrons. The molecule has 2 aromatic carbocycles. The number of unbranched alkanes of at least 4 members (excludes halogenated alkanes) is 2. The molecule has 2 aromatic rings. The first-order valence-electron chi connectivity index (χ1n) is 20.1. The lowest BCUT2D eigenvalue weighted by Gasteiger charge is -2.59. The molecule has 1 fully saturated rings. The number of aliphatic hydroxyl groups excluding tert-OH is 3. The molecular weight excluding hydrogens is 716 g/mol. The van der Waals surface area contributed by atoms with Crippen LogP contribution in [0.4, 0.5) is 4.79 Å². The van der Waals surface area contributed by atoms with Crippen LogP contribution in [-0.4, -0.2) is 103 Å². The van der Waals surface area contributed by atoms with Crippen molar-refractivity contribution in [3.8, 4) is 11.5 Å². The zero-order valence-electron chi connectivity index (χ0n) is 32.8. The first-order valence-corrected chi connectivity index (χ1v) is 20.1. The summed E-state index contributed by atoms with van der Waals surface area (Å²) in [7, 11) is 0. The molecule has 3 N–H and O–H groups in total. The molecule has 3 aliphatic rings. The number of benzene rings is 2. The number of allylic oxidation sites excluding steroid dienone is 1. The van der Waals surface area contributed by atoms with Gasteiger partial charge in [-0.15, -0.1) is 6.58 Å². The summed E-state index contributed by atoms with van der Waals surface area (Å²) in [6.45, 7) is 10.9. The van der Waals surface area contributed by atoms with Crippen molar-refractivity contribution in [2.24, 2.45) is 22.9 Å². The zero-order chi connectivity index (χ0) is 39.8. The van der Waals surface area contributed by atoms with Gasteiger partial charge in [0.1, 0.15) is 30.8 Å². The number of nitrogens with zero attached hydrogens (tertiary/aromatic N) is 2. The monoisotopic (exact) mass is 776 g/mol. The Hall–Kier alpha value is -4.20. The van der Waals surface area contributed by atoms with E-state index in [-0.39, 0.29) is 83.6 Å². The van der Waals surface area contributed by atoms with Gasteiger partial charge < -0.3 is 43.8 Å². The number of oxime groups is 1. The minimum absolute atomic E-state index is 0.0622. The SMILES string of the molecule is C=CCOc1ccc2c(c1)C1C(CCCCO)C(CCCCO)C=C3C(=NOCc4ccccc4)CC(N(CCOCCO)C(=O)OCC)C(OCC=C)(O2)C31. The molecule has 1 heterocycles. The van der Waals surface area contributed by atoms with Crippen molar-refractivity contribution < 1.29 is 48.6 Å². The van der Waals surface area contributed by atoms with Crippen LogP contribution in [0.5, 0.6) is 11.5 Å². The van der Waals surface area contributed by atoms with Crippen molar-refractivity contribution in [2.75, 3.05) is 59.4 Å². The Kier molecular flexibility index (Phi) is 16.8. The van der Waals surface area contributed by atoms with E-state index in [2.05, 4.69) is 19.2 Å². The van der Waals surface area contributed by atoms with Gasteiger partial charge in [0.05, 0.1) is 44.7 Å². The second kappa shape index (κ2) is 21.9. The van der Waals surface area contributed by atoms with Crippen LogP contribution in [0.1, 0.15) is 68.9 Å². The van der Waals surface area contributed by atoms with Gasteiger partial charge in [-0.25, -0.2) is 4.79 Å². The molecular formula is C44H60N2O10. The van der Waals surface area contributed by atoms with Crippen LogP contribution in [0.3, 0.4) is 0 Å². The van der Waals surface area contributed by atoms with E-state index in [1.54, 1.807) is 24.0 Å². The summed E-state index contributed by atoms with van der Waals surface area (Å²) in [5.41, 5.74) is 3.53. The summed E-state index contributed by atoms with van der Waals surface area (Å²) in [5.74, 6) is -0.677. The molecule has 12 heteroatoms. The van der Waals surface area contributed by atoms with Gasteiger partial charge in [-0.05, 0) is 73.8 Å². The summed E-state index contributed by atoms with van der Waals surface area (Å²) in [6, 6.07) is 14.9. The lowest BCUT2D eigenvalue weighted by Crippen LogP contribution is -2.70. The van der Waals surface area contributed by atoms with E-state index < -0.39 is 23.8 Å². The number of carbonyl (C=O) groups is 1. The van der Waals surface area contributed by atoms with Crippen molar-refractivity contribution in [2.45, 2.75) is 76.2 Å². The van der Waals surface area contributed by atoms with E-state index >= 15 is 0 Å². The fourth-order valence-corrected chi connectivity index (χ4v) is 8.56. The fourth-order valence-electron chi connectivity index (χ4n) is 8.56. The number of hydrogen-bond acceptors (Lipinski definition) is 11. The van der Waals surface area contributed by atoms with Gasteiger partial charge in [-0.3, -0.25) is 4.90 Å². The number of hydrogen-bond donors (Lipinski definition) is 3. The summed E-state index contributed by atoms with van der Waals surface area (Å²) in [6.07, 6.45) is 9.96. The molecule has 1 saturated carbocycles. The Bertz CT molecular complexity index is 1620. The third-order valence-electron chi connectivity index (χ3n) is 10.9. The van der Waals surface area contributed by atoms with Crippen molar-refractivity contribution >= 4 is 11.8 Å². The molecule has 0 bridgehead atoms. The first kappa shape index (κ1) is 42.9. The molecule has 0 saturated heterocycles. The van der Waals surface area contributed by atoms with Gasteiger partial charge in [-0.2, -0.15) is 0 Å². The van der Waals surface area contributed by atoms with Crippen LogP contribution >= 0.6 is 0 Å². The number of carbonyl (C=O) groups excluding carboxylic acids is 1. The maximum atomic E-state index is 14.1. The fraction of sp³-hybridized carbons (Fsp3) is 0.545. The number of amides is 1. The van der Waals surface area contributed by atoms with E-state index in [0.717, 1.165) is 42.4 Å². The van der Waals surface area contributed by atoms with Gasteiger partial charge in [0.15, 0.2) is 0 Å². The third-order valence-corrected chi connectivity index (χ3v) is 10.9. The smallest absolute Gasteiger partial charge is 0.410 e. The third kappa shape index (κ3) is 10.2. The van der Waals surface area contributed by atoms with E-state index in [0.29, 0.717) is 36.7 Å². The van der Waals surface area contributed by atoms with Crippen molar-refractivity contribution in [3.63, 3.8) is 0 Å². The minimum Gasteiger partial charge on any atom is -0.490 e. The molecule has 6 unspecified atom stereocenters. The lowest BCUT2D eigenvalue weighted by molar-refractivity contribution is -0.256. The number of ether oxygens (including phenoxy) is 5. The summed E-state index contributed by atoms with van der Waals surface area (Å²) >= 11 is 0. The quantitative estimate of drug-likeness (QED) is 0.0609. The standard InChI is InChI=1S/C44H60N2O10/c1-4-24-53-34-18-19-39-37(29-34)41-35(17-11-13-22-48)33(16-10-12-21-47)28-36-38(45-55-31-32-14-8-7-9-15-32)30-40(44(56-39,42(36)41)54-25-5-2)46(43(50)52-6-3)20-26-51-27-23-49/h4-5,7-9,14-15,18-19,28-29,33,35,40-42,47-49H,1-2,6,10-13,16-17,20-27,30-31H2,3H3. The Balaban J connectivity index is 1.76.